The average molecular weight is 247 g/mol. The lowest BCUT2D eigenvalue weighted by molar-refractivity contribution is 0.0915. The van der Waals surface area contributed by atoms with E-state index in [0.717, 1.165) is 36.0 Å². The second-order valence-corrected chi connectivity index (χ2v) is 5.27. The number of carbonyl (C=O) groups is 1. The quantitative estimate of drug-likeness (QED) is 0.860. The molecule has 0 bridgehead atoms. The van der Waals surface area contributed by atoms with Crippen molar-refractivity contribution in [2.45, 2.75) is 39.2 Å². The van der Waals surface area contributed by atoms with E-state index in [2.05, 4.69) is 5.32 Å². The summed E-state index contributed by atoms with van der Waals surface area (Å²) in [5.41, 5.74) is 2.84. The van der Waals surface area contributed by atoms with Crippen molar-refractivity contribution in [3.8, 4) is 0 Å². The summed E-state index contributed by atoms with van der Waals surface area (Å²) >= 11 is 0. The number of hydrogen-bond donors (Lipinski definition) is 2. The van der Waals surface area contributed by atoms with E-state index < -0.39 is 0 Å². The Hall–Kier alpha value is -1.35. The maximum absolute atomic E-state index is 12.2. The monoisotopic (exact) mass is 247 g/mol. The van der Waals surface area contributed by atoms with Crippen LogP contribution in [-0.2, 0) is 0 Å². The van der Waals surface area contributed by atoms with Gasteiger partial charge in [0, 0.05) is 24.1 Å². The third kappa shape index (κ3) is 2.72. The van der Waals surface area contributed by atoms with Crippen molar-refractivity contribution in [2.75, 3.05) is 6.61 Å². The summed E-state index contributed by atoms with van der Waals surface area (Å²) in [5.74, 6) is 0.209. The van der Waals surface area contributed by atoms with E-state index in [0.29, 0.717) is 0 Å². The number of aryl methyl sites for hydroxylation is 2. The van der Waals surface area contributed by atoms with Crippen LogP contribution in [-0.4, -0.2) is 23.7 Å². The lowest BCUT2D eigenvalue weighted by Crippen LogP contribution is -2.38. The largest absolute Gasteiger partial charge is 0.396 e. The molecule has 18 heavy (non-hydrogen) atoms. The molecule has 1 aliphatic rings. The Balaban J connectivity index is 2.09. The van der Waals surface area contributed by atoms with Crippen LogP contribution in [0, 0.1) is 19.8 Å². The molecule has 0 spiro atoms. The smallest absolute Gasteiger partial charge is 0.251 e. The first kappa shape index (κ1) is 13.1. The molecule has 0 aliphatic heterocycles. The molecule has 1 aromatic rings. The fourth-order valence-corrected chi connectivity index (χ4v) is 2.67. The van der Waals surface area contributed by atoms with Gasteiger partial charge in [0.1, 0.15) is 0 Å². The second-order valence-electron chi connectivity index (χ2n) is 5.27. The highest BCUT2D eigenvalue weighted by atomic mass is 16.3. The maximum atomic E-state index is 12.2. The van der Waals surface area contributed by atoms with Gasteiger partial charge in [-0.2, -0.15) is 0 Å². The lowest BCUT2D eigenvalue weighted by Gasteiger charge is -2.19. The van der Waals surface area contributed by atoms with Crippen LogP contribution in [0.3, 0.4) is 0 Å². The summed E-state index contributed by atoms with van der Waals surface area (Å²) in [6.07, 6.45) is 3.07. The van der Waals surface area contributed by atoms with Crippen LogP contribution >= 0.6 is 0 Å². The third-order valence-electron chi connectivity index (χ3n) is 3.85. The van der Waals surface area contributed by atoms with Crippen LogP contribution in [0.1, 0.15) is 40.7 Å². The number of aliphatic hydroxyl groups excluding tert-OH is 1. The van der Waals surface area contributed by atoms with Gasteiger partial charge in [0.25, 0.3) is 5.91 Å². The Morgan fingerprint density at radius 2 is 2.17 bits per heavy atom. The molecule has 3 nitrogen and oxygen atoms in total. The van der Waals surface area contributed by atoms with Gasteiger partial charge in [0.15, 0.2) is 0 Å². The zero-order chi connectivity index (χ0) is 13.1. The fourth-order valence-electron chi connectivity index (χ4n) is 2.67. The van der Waals surface area contributed by atoms with Crippen LogP contribution in [0.5, 0.6) is 0 Å². The fraction of sp³-hybridized carbons (Fsp3) is 0.533. The van der Waals surface area contributed by atoms with E-state index in [1.807, 2.05) is 32.0 Å². The standard InChI is InChI=1S/C15H21NO2/c1-10-6-7-11(2)13(8-10)15(18)16-14-5-3-4-12(14)9-17/h6-8,12,14,17H,3-5,9H2,1-2H3,(H,16,18). The van der Waals surface area contributed by atoms with Crippen molar-refractivity contribution in [1.29, 1.82) is 0 Å². The number of rotatable bonds is 3. The number of benzene rings is 1. The van der Waals surface area contributed by atoms with E-state index in [9.17, 15) is 9.90 Å². The van der Waals surface area contributed by atoms with Crippen molar-refractivity contribution < 1.29 is 9.90 Å². The van der Waals surface area contributed by atoms with Crippen LogP contribution in [0.25, 0.3) is 0 Å². The van der Waals surface area contributed by atoms with Gasteiger partial charge < -0.3 is 10.4 Å². The summed E-state index contributed by atoms with van der Waals surface area (Å²) in [4.78, 5) is 12.2. The molecule has 1 aromatic carbocycles. The SMILES string of the molecule is Cc1ccc(C)c(C(=O)NC2CCCC2CO)c1. The first-order valence-electron chi connectivity index (χ1n) is 6.61. The normalized spacial score (nSPS) is 23.1. The number of hydrogen-bond acceptors (Lipinski definition) is 2. The number of amides is 1. The highest BCUT2D eigenvalue weighted by Crippen LogP contribution is 2.25. The topological polar surface area (TPSA) is 49.3 Å². The highest BCUT2D eigenvalue weighted by Gasteiger charge is 2.28. The summed E-state index contributed by atoms with van der Waals surface area (Å²) < 4.78 is 0. The third-order valence-corrected chi connectivity index (χ3v) is 3.85. The van der Waals surface area contributed by atoms with Crippen molar-refractivity contribution >= 4 is 5.91 Å². The molecule has 2 N–H and O–H groups in total. The van der Waals surface area contributed by atoms with Gasteiger partial charge in [-0.1, -0.05) is 24.1 Å². The average Bonchev–Trinajstić information content (AvgIpc) is 2.79. The van der Waals surface area contributed by atoms with Crippen molar-refractivity contribution in [2.24, 2.45) is 5.92 Å². The van der Waals surface area contributed by atoms with Gasteiger partial charge in [-0.05, 0) is 38.3 Å². The van der Waals surface area contributed by atoms with Crippen LogP contribution < -0.4 is 5.32 Å². The molecular weight excluding hydrogens is 226 g/mol. The molecular formula is C15H21NO2. The molecule has 1 aliphatic carbocycles. The zero-order valence-corrected chi connectivity index (χ0v) is 11.1. The first-order chi connectivity index (χ1) is 8.61. The van der Waals surface area contributed by atoms with Crippen LogP contribution in [0.4, 0.5) is 0 Å². The Morgan fingerprint density at radius 3 is 2.89 bits per heavy atom. The second kappa shape index (κ2) is 5.53. The van der Waals surface area contributed by atoms with Crippen LogP contribution in [0.15, 0.2) is 18.2 Å². The van der Waals surface area contributed by atoms with Gasteiger partial charge in [-0.25, -0.2) is 0 Å². The van der Waals surface area contributed by atoms with Crippen molar-refractivity contribution in [1.82, 2.24) is 5.32 Å². The van der Waals surface area contributed by atoms with E-state index in [1.165, 1.54) is 0 Å². The molecule has 0 aromatic heterocycles. The molecule has 2 unspecified atom stereocenters. The summed E-state index contributed by atoms with van der Waals surface area (Å²) in [7, 11) is 0. The molecule has 1 amide bonds. The van der Waals surface area contributed by atoms with E-state index >= 15 is 0 Å². The minimum Gasteiger partial charge on any atom is -0.396 e. The number of nitrogens with one attached hydrogen (secondary N) is 1. The molecule has 2 atom stereocenters. The Kier molecular flexibility index (Phi) is 4.02. The Morgan fingerprint density at radius 1 is 1.39 bits per heavy atom. The van der Waals surface area contributed by atoms with E-state index in [-0.39, 0.29) is 24.5 Å². The van der Waals surface area contributed by atoms with Crippen molar-refractivity contribution in [3.63, 3.8) is 0 Å². The molecule has 1 fully saturated rings. The lowest BCUT2D eigenvalue weighted by atomic mass is 10.0. The molecule has 0 saturated heterocycles. The first-order valence-corrected chi connectivity index (χ1v) is 6.61. The van der Waals surface area contributed by atoms with Gasteiger partial charge in [-0.3, -0.25) is 4.79 Å². The van der Waals surface area contributed by atoms with E-state index in [1.54, 1.807) is 0 Å². The summed E-state index contributed by atoms with van der Waals surface area (Å²) in [6, 6.07) is 6.04. The Bertz CT molecular complexity index is 442. The predicted molar refractivity (Wildman–Crippen MR) is 71.6 cm³/mol. The summed E-state index contributed by atoms with van der Waals surface area (Å²) in [5, 5.41) is 12.3. The molecule has 0 radical (unpaired) electrons. The van der Waals surface area contributed by atoms with Gasteiger partial charge >= 0.3 is 0 Å². The minimum atomic E-state index is -0.0125. The molecule has 98 valence electrons. The summed E-state index contributed by atoms with van der Waals surface area (Å²) in [6.45, 7) is 4.10. The van der Waals surface area contributed by atoms with Gasteiger partial charge in [0.2, 0.25) is 0 Å². The number of aliphatic hydroxyl groups is 1. The zero-order valence-electron chi connectivity index (χ0n) is 11.1. The van der Waals surface area contributed by atoms with E-state index in [4.69, 9.17) is 0 Å². The van der Waals surface area contributed by atoms with Gasteiger partial charge in [-0.15, -0.1) is 0 Å². The Labute approximate surface area is 108 Å². The van der Waals surface area contributed by atoms with Crippen LogP contribution in [0.2, 0.25) is 0 Å². The molecule has 1 saturated carbocycles. The molecule has 3 heteroatoms. The highest BCUT2D eigenvalue weighted by molar-refractivity contribution is 5.96. The van der Waals surface area contributed by atoms with Crippen molar-refractivity contribution in [3.05, 3.63) is 34.9 Å². The number of carbonyl (C=O) groups excluding carboxylic acids is 1. The minimum absolute atomic E-state index is 0.0125. The van der Waals surface area contributed by atoms with Gasteiger partial charge in [0.05, 0.1) is 0 Å². The maximum Gasteiger partial charge on any atom is 0.251 e. The molecule has 0 heterocycles. The predicted octanol–water partition coefficient (Wildman–Crippen LogP) is 2.19. The molecule has 2 rings (SSSR count).